The van der Waals surface area contributed by atoms with Crippen LogP contribution in [0.15, 0.2) is 11.6 Å². The zero-order valence-electron chi connectivity index (χ0n) is 28.5. The van der Waals surface area contributed by atoms with E-state index < -0.39 is 0 Å². The Morgan fingerprint density at radius 2 is 1.72 bits per heavy atom. The van der Waals surface area contributed by atoms with E-state index in [-0.39, 0.29) is 12.2 Å². The molecule has 0 saturated heterocycles. The number of rotatable bonds is 17. The molecule has 0 aromatic carbocycles. The molecule has 0 spiro atoms. The Labute approximate surface area is 264 Å². The van der Waals surface area contributed by atoms with Gasteiger partial charge in [0.05, 0.1) is 0 Å². The number of hydrogen-bond acceptors (Lipinski definition) is 5. The van der Waals surface area contributed by atoms with Crippen molar-refractivity contribution in [1.29, 1.82) is 0 Å². The van der Waals surface area contributed by atoms with E-state index in [2.05, 4.69) is 39.1 Å². The van der Waals surface area contributed by atoms with E-state index in [0.717, 1.165) is 101 Å². The average Bonchev–Trinajstić information content (AvgIpc) is 3.32. The van der Waals surface area contributed by atoms with Crippen LogP contribution < -0.4 is 16.8 Å². The van der Waals surface area contributed by atoms with Crippen molar-refractivity contribution in [1.82, 2.24) is 10.2 Å². The van der Waals surface area contributed by atoms with Gasteiger partial charge in [-0.25, -0.2) is 4.79 Å². The molecule has 0 aromatic heterocycles. The van der Waals surface area contributed by atoms with Gasteiger partial charge in [0.2, 0.25) is 0 Å². The van der Waals surface area contributed by atoms with Gasteiger partial charge >= 0.3 is 6.09 Å². The first-order valence-electron chi connectivity index (χ1n) is 18.5. The highest BCUT2D eigenvalue weighted by molar-refractivity contribution is 5.67. The molecule has 0 bridgehead atoms. The number of carbonyl (C=O) groups excluding carboxylic acids is 1. The molecular formula is C37H68N4O2. The molecule has 43 heavy (non-hydrogen) atoms. The maximum Gasteiger partial charge on any atom is 0.410 e. The van der Waals surface area contributed by atoms with Gasteiger partial charge in [0.15, 0.2) is 0 Å². The van der Waals surface area contributed by atoms with E-state index in [0.29, 0.717) is 23.9 Å². The fourth-order valence-corrected chi connectivity index (χ4v) is 9.95. The molecule has 0 aromatic rings. The molecule has 7 unspecified atom stereocenters. The molecule has 0 heterocycles. The van der Waals surface area contributed by atoms with Crippen molar-refractivity contribution >= 4 is 6.09 Å². The van der Waals surface area contributed by atoms with Crippen LogP contribution in [0.1, 0.15) is 130 Å². The van der Waals surface area contributed by atoms with Crippen molar-refractivity contribution in [3.8, 4) is 0 Å². The highest BCUT2D eigenvalue weighted by Gasteiger charge is 2.58. The monoisotopic (exact) mass is 601 g/mol. The first-order chi connectivity index (χ1) is 20.7. The summed E-state index contributed by atoms with van der Waals surface area (Å²) in [4.78, 5) is 15.2. The van der Waals surface area contributed by atoms with Crippen molar-refractivity contribution in [3.63, 3.8) is 0 Å². The molecule has 0 radical (unpaired) electrons. The molecule has 3 saturated carbocycles. The molecule has 4 aliphatic carbocycles. The highest BCUT2D eigenvalue weighted by atomic mass is 16.6. The predicted octanol–water partition coefficient (Wildman–Crippen LogP) is 7.66. The third-order valence-electron chi connectivity index (χ3n) is 12.6. The second kappa shape index (κ2) is 16.5. The van der Waals surface area contributed by atoms with E-state index in [4.69, 9.17) is 16.2 Å². The molecule has 4 rings (SSSR count). The molecular weight excluding hydrogens is 532 g/mol. The van der Waals surface area contributed by atoms with Gasteiger partial charge in [-0.2, -0.15) is 0 Å². The molecule has 5 N–H and O–H groups in total. The minimum atomic E-state index is -0.133. The largest absolute Gasteiger partial charge is 0.446 e. The molecule has 7 atom stereocenters. The van der Waals surface area contributed by atoms with Gasteiger partial charge in [0, 0.05) is 19.5 Å². The number of carbonyl (C=O) groups is 1. The van der Waals surface area contributed by atoms with E-state index in [1.54, 1.807) is 5.57 Å². The molecule has 0 aliphatic heterocycles. The van der Waals surface area contributed by atoms with Crippen molar-refractivity contribution in [3.05, 3.63) is 11.6 Å². The maximum atomic E-state index is 13.3. The second-order valence-corrected chi connectivity index (χ2v) is 15.7. The standard InChI is InChI=1S/C37H68N4O2/c1-28(2)11-5-6-12-29-14-16-33-32-15-13-30-27-31(17-19-37(30,4)34(32)18-20-36(29,33)3)43-35(42)41(26-10-22-39)25-8-7-23-40-24-9-21-38/h13,28-29,31-34,40H,5-12,14-27,38-39H2,1-4H3. The summed E-state index contributed by atoms with van der Waals surface area (Å²) in [6.45, 7) is 14.7. The van der Waals surface area contributed by atoms with Crippen LogP contribution in [0.5, 0.6) is 0 Å². The quantitative estimate of drug-likeness (QED) is 0.118. The first kappa shape index (κ1) is 34.8. The smallest absolute Gasteiger partial charge is 0.410 e. The topological polar surface area (TPSA) is 93.6 Å². The van der Waals surface area contributed by atoms with E-state index >= 15 is 0 Å². The van der Waals surface area contributed by atoms with Gasteiger partial charge in [-0.05, 0) is 144 Å². The summed E-state index contributed by atoms with van der Waals surface area (Å²) < 4.78 is 6.23. The lowest BCUT2D eigenvalue weighted by Crippen LogP contribution is -2.50. The number of nitrogens with one attached hydrogen (secondary N) is 1. The Kier molecular flexibility index (Phi) is 13.3. The Hall–Kier alpha value is -1.11. The van der Waals surface area contributed by atoms with Gasteiger partial charge in [0.25, 0.3) is 0 Å². The SMILES string of the molecule is CC(C)CCCCC1CCC2C3CC=C4CC(OC(=O)N(CCCN)CCCCNCCCN)CCC4(C)C3CCC12C. The summed E-state index contributed by atoms with van der Waals surface area (Å²) >= 11 is 0. The summed E-state index contributed by atoms with van der Waals surface area (Å²) in [5.41, 5.74) is 13.8. The lowest BCUT2D eigenvalue weighted by molar-refractivity contribution is -0.0534. The lowest BCUT2D eigenvalue weighted by Gasteiger charge is -2.58. The Morgan fingerprint density at radius 1 is 0.953 bits per heavy atom. The van der Waals surface area contributed by atoms with Crippen LogP contribution in [-0.2, 0) is 4.74 Å². The average molecular weight is 601 g/mol. The minimum Gasteiger partial charge on any atom is -0.446 e. The van der Waals surface area contributed by atoms with Crippen LogP contribution in [0.25, 0.3) is 0 Å². The van der Waals surface area contributed by atoms with Gasteiger partial charge in [0.1, 0.15) is 6.10 Å². The summed E-state index contributed by atoms with van der Waals surface area (Å²) in [5.74, 6) is 4.34. The van der Waals surface area contributed by atoms with Crippen molar-refractivity contribution in [2.75, 3.05) is 39.3 Å². The number of allylic oxidation sites excluding steroid dienone is 1. The van der Waals surface area contributed by atoms with Crippen LogP contribution in [0, 0.1) is 40.4 Å². The lowest BCUT2D eigenvalue weighted by atomic mass is 9.47. The normalized spacial score (nSPS) is 33.5. The van der Waals surface area contributed by atoms with Crippen LogP contribution in [0.3, 0.4) is 0 Å². The number of hydrogen-bond donors (Lipinski definition) is 3. The number of amides is 1. The van der Waals surface area contributed by atoms with Gasteiger partial charge in [-0.1, -0.05) is 58.6 Å². The van der Waals surface area contributed by atoms with E-state index in [1.165, 1.54) is 57.8 Å². The minimum absolute atomic E-state index is 0.0113. The fraction of sp³-hybridized carbons (Fsp3) is 0.919. The van der Waals surface area contributed by atoms with Crippen molar-refractivity contribution in [2.24, 2.45) is 51.9 Å². The number of nitrogens with two attached hydrogens (primary N) is 2. The summed E-state index contributed by atoms with van der Waals surface area (Å²) in [6, 6.07) is 0. The Balaban J connectivity index is 1.30. The van der Waals surface area contributed by atoms with Crippen LogP contribution in [0.4, 0.5) is 4.79 Å². The van der Waals surface area contributed by atoms with Gasteiger partial charge in [-0.3, -0.25) is 0 Å². The summed E-state index contributed by atoms with van der Waals surface area (Å²) in [5, 5.41) is 3.44. The zero-order chi connectivity index (χ0) is 30.9. The third-order valence-corrected chi connectivity index (χ3v) is 12.6. The highest BCUT2D eigenvalue weighted by Crippen LogP contribution is 2.66. The molecule has 1 amide bonds. The van der Waals surface area contributed by atoms with Crippen LogP contribution in [0.2, 0.25) is 0 Å². The fourth-order valence-electron chi connectivity index (χ4n) is 9.95. The number of nitrogens with zero attached hydrogens (tertiary/aromatic N) is 1. The number of fused-ring (bicyclic) bond motifs is 5. The molecule has 6 nitrogen and oxygen atoms in total. The second-order valence-electron chi connectivity index (χ2n) is 15.7. The van der Waals surface area contributed by atoms with Gasteiger partial charge in [-0.15, -0.1) is 0 Å². The van der Waals surface area contributed by atoms with Crippen molar-refractivity contribution < 1.29 is 9.53 Å². The van der Waals surface area contributed by atoms with E-state index in [9.17, 15) is 4.79 Å². The number of ether oxygens (including phenoxy) is 1. The Bertz CT molecular complexity index is 892. The zero-order valence-corrected chi connectivity index (χ0v) is 28.5. The third kappa shape index (κ3) is 8.58. The molecule has 4 aliphatic rings. The van der Waals surface area contributed by atoms with Crippen LogP contribution in [-0.4, -0.2) is 56.4 Å². The number of unbranched alkanes of at least 4 members (excludes halogenated alkanes) is 2. The van der Waals surface area contributed by atoms with Crippen LogP contribution >= 0.6 is 0 Å². The van der Waals surface area contributed by atoms with Gasteiger partial charge < -0.3 is 26.4 Å². The van der Waals surface area contributed by atoms with E-state index in [1.807, 2.05) is 4.90 Å². The Morgan fingerprint density at radius 3 is 2.49 bits per heavy atom. The molecule has 248 valence electrons. The molecule has 6 heteroatoms. The predicted molar refractivity (Wildman–Crippen MR) is 180 cm³/mol. The summed E-state index contributed by atoms with van der Waals surface area (Å²) in [6.07, 6.45) is 22.1. The van der Waals surface area contributed by atoms with Crippen molar-refractivity contribution in [2.45, 2.75) is 137 Å². The summed E-state index contributed by atoms with van der Waals surface area (Å²) in [7, 11) is 0. The molecule has 3 fully saturated rings. The maximum absolute atomic E-state index is 13.3. The first-order valence-corrected chi connectivity index (χ1v) is 18.5.